The highest BCUT2D eigenvalue weighted by atomic mass is 16.3. The molecule has 0 saturated heterocycles. The number of hydrogen-bond donors (Lipinski definition) is 3. The molecule has 2 aromatic heterocycles. The number of carbonyl (C=O) groups excluding carboxylic acids is 2. The first kappa shape index (κ1) is 17.0. The van der Waals surface area contributed by atoms with Crippen molar-refractivity contribution in [2.24, 2.45) is 0 Å². The fourth-order valence-electron chi connectivity index (χ4n) is 2.26. The number of carbonyl (C=O) groups is 2. The first-order valence-corrected chi connectivity index (χ1v) is 7.44. The normalized spacial score (nSPS) is 11.5. The average molecular weight is 318 g/mol. The molecule has 0 spiro atoms. The minimum Gasteiger partial charge on any atom is -0.390 e. The van der Waals surface area contributed by atoms with Crippen LogP contribution in [0.3, 0.4) is 0 Å². The van der Waals surface area contributed by atoms with Gasteiger partial charge in [-0.3, -0.25) is 9.59 Å². The number of rotatable bonds is 5. The Hall–Kier alpha value is -2.41. The Morgan fingerprint density at radius 2 is 2.04 bits per heavy atom. The lowest BCUT2D eigenvalue weighted by molar-refractivity contribution is -0.114. The first-order valence-electron chi connectivity index (χ1n) is 7.44. The van der Waals surface area contributed by atoms with Crippen LogP contribution in [0.2, 0.25) is 0 Å². The largest absolute Gasteiger partial charge is 0.390 e. The van der Waals surface area contributed by atoms with Crippen LogP contribution in [-0.2, 0) is 11.2 Å². The predicted molar refractivity (Wildman–Crippen MR) is 87.5 cm³/mol. The van der Waals surface area contributed by atoms with Gasteiger partial charge in [-0.1, -0.05) is 0 Å². The number of nitrogens with one attached hydrogen (secondary N) is 2. The molecule has 0 aromatic carbocycles. The van der Waals surface area contributed by atoms with Gasteiger partial charge in [0.1, 0.15) is 0 Å². The van der Waals surface area contributed by atoms with Gasteiger partial charge < -0.3 is 15.7 Å². The topological polar surface area (TPSA) is 95.7 Å². The molecule has 124 valence electrons. The predicted octanol–water partition coefficient (Wildman–Crippen LogP) is 1.36. The second-order valence-electron chi connectivity index (χ2n) is 6.18. The maximum absolute atomic E-state index is 12.0. The van der Waals surface area contributed by atoms with Crippen LogP contribution in [0.5, 0.6) is 0 Å². The summed E-state index contributed by atoms with van der Waals surface area (Å²) in [6.45, 7) is 4.89. The van der Waals surface area contributed by atoms with E-state index in [1.807, 2.05) is 6.07 Å². The molecule has 0 aliphatic rings. The van der Waals surface area contributed by atoms with E-state index in [0.717, 1.165) is 11.2 Å². The zero-order chi connectivity index (χ0) is 17.2. The Kier molecular flexibility index (Phi) is 4.70. The van der Waals surface area contributed by atoms with E-state index in [1.54, 1.807) is 30.6 Å². The van der Waals surface area contributed by atoms with Gasteiger partial charge in [-0.2, -0.15) is 5.10 Å². The van der Waals surface area contributed by atoms with Gasteiger partial charge in [0.2, 0.25) is 5.91 Å². The molecule has 2 rings (SSSR count). The zero-order valence-corrected chi connectivity index (χ0v) is 13.8. The van der Waals surface area contributed by atoms with Gasteiger partial charge in [-0.25, -0.2) is 4.52 Å². The SMILES string of the molecule is CNC(=O)c1cn2nc(CCC(C)(C)O)cc2cc1NC(C)=O. The van der Waals surface area contributed by atoms with Crippen molar-refractivity contribution in [3.05, 3.63) is 29.6 Å². The van der Waals surface area contributed by atoms with Crippen molar-refractivity contribution in [2.45, 2.75) is 39.2 Å². The Morgan fingerprint density at radius 3 is 2.61 bits per heavy atom. The van der Waals surface area contributed by atoms with Crippen LogP contribution in [0.1, 0.15) is 43.2 Å². The van der Waals surface area contributed by atoms with E-state index in [9.17, 15) is 14.7 Å². The Bertz CT molecular complexity index is 744. The van der Waals surface area contributed by atoms with Gasteiger partial charge in [-0.15, -0.1) is 0 Å². The number of aliphatic hydroxyl groups is 1. The Balaban J connectivity index is 2.41. The molecule has 0 bridgehead atoms. The molecule has 0 saturated carbocycles. The summed E-state index contributed by atoms with van der Waals surface area (Å²) in [6, 6.07) is 3.59. The number of amides is 2. The summed E-state index contributed by atoms with van der Waals surface area (Å²) in [5.74, 6) is -0.550. The Morgan fingerprint density at radius 1 is 1.35 bits per heavy atom. The van der Waals surface area contributed by atoms with E-state index in [0.29, 0.717) is 24.1 Å². The third-order valence-electron chi connectivity index (χ3n) is 3.42. The summed E-state index contributed by atoms with van der Waals surface area (Å²) >= 11 is 0. The Labute approximate surface area is 134 Å². The number of nitrogens with zero attached hydrogens (tertiary/aromatic N) is 2. The minimum atomic E-state index is -0.760. The van der Waals surface area contributed by atoms with Gasteiger partial charge >= 0.3 is 0 Å². The molecule has 23 heavy (non-hydrogen) atoms. The molecular formula is C16H22N4O3. The van der Waals surface area contributed by atoms with E-state index in [1.165, 1.54) is 14.0 Å². The molecule has 0 aliphatic heterocycles. The smallest absolute Gasteiger partial charge is 0.254 e. The summed E-state index contributed by atoms with van der Waals surface area (Å²) in [5.41, 5.74) is 1.61. The van der Waals surface area contributed by atoms with Crippen LogP contribution in [0, 0.1) is 0 Å². The highest BCUT2D eigenvalue weighted by molar-refractivity contribution is 6.03. The number of anilines is 1. The molecule has 7 heteroatoms. The highest BCUT2D eigenvalue weighted by Crippen LogP contribution is 2.21. The van der Waals surface area contributed by atoms with Crippen molar-refractivity contribution in [1.29, 1.82) is 0 Å². The monoisotopic (exact) mass is 318 g/mol. The fraction of sp³-hybridized carbons (Fsp3) is 0.438. The van der Waals surface area contributed by atoms with Crippen molar-refractivity contribution < 1.29 is 14.7 Å². The lowest BCUT2D eigenvalue weighted by Crippen LogP contribution is -2.21. The molecule has 2 amide bonds. The molecule has 2 aromatic rings. The van der Waals surface area contributed by atoms with Crippen molar-refractivity contribution in [3.8, 4) is 0 Å². The van der Waals surface area contributed by atoms with Crippen LogP contribution < -0.4 is 10.6 Å². The van der Waals surface area contributed by atoms with Gasteiger partial charge in [0.05, 0.1) is 28.1 Å². The second kappa shape index (κ2) is 6.37. The van der Waals surface area contributed by atoms with Gasteiger partial charge in [0.25, 0.3) is 5.91 Å². The van der Waals surface area contributed by atoms with Gasteiger partial charge in [-0.05, 0) is 38.8 Å². The summed E-state index contributed by atoms with van der Waals surface area (Å²) < 4.78 is 1.61. The standard InChI is InChI=1S/C16H22N4O3/c1-10(21)18-14-8-12-7-11(5-6-16(2,3)23)19-20(12)9-13(14)15(22)17-4/h7-9,23H,5-6H2,1-4H3,(H,17,22)(H,18,21). The van der Waals surface area contributed by atoms with E-state index in [2.05, 4.69) is 15.7 Å². The molecule has 7 nitrogen and oxygen atoms in total. The quantitative estimate of drug-likeness (QED) is 0.775. The highest BCUT2D eigenvalue weighted by Gasteiger charge is 2.16. The van der Waals surface area contributed by atoms with E-state index in [-0.39, 0.29) is 11.8 Å². The van der Waals surface area contributed by atoms with Crippen LogP contribution in [-0.4, -0.2) is 39.2 Å². The minimum absolute atomic E-state index is 0.249. The number of aromatic nitrogens is 2. The zero-order valence-electron chi connectivity index (χ0n) is 13.8. The summed E-state index contributed by atoms with van der Waals surface area (Å²) in [5, 5.41) is 19.4. The maximum atomic E-state index is 12.0. The third-order valence-corrected chi connectivity index (χ3v) is 3.42. The maximum Gasteiger partial charge on any atom is 0.254 e. The van der Waals surface area contributed by atoms with Crippen molar-refractivity contribution in [2.75, 3.05) is 12.4 Å². The fourth-order valence-corrected chi connectivity index (χ4v) is 2.26. The molecular weight excluding hydrogens is 296 g/mol. The van der Waals surface area contributed by atoms with Crippen molar-refractivity contribution in [1.82, 2.24) is 14.9 Å². The lowest BCUT2D eigenvalue weighted by atomic mass is 10.0. The van der Waals surface area contributed by atoms with Crippen LogP contribution in [0.4, 0.5) is 5.69 Å². The van der Waals surface area contributed by atoms with Crippen LogP contribution >= 0.6 is 0 Å². The molecule has 0 unspecified atom stereocenters. The molecule has 3 N–H and O–H groups in total. The number of aryl methyl sites for hydroxylation is 1. The van der Waals surface area contributed by atoms with Gasteiger partial charge in [0.15, 0.2) is 0 Å². The van der Waals surface area contributed by atoms with Gasteiger partial charge in [0, 0.05) is 20.2 Å². The van der Waals surface area contributed by atoms with Crippen LogP contribution in [0.25, 0.3) is 5.52 Å². The summed E-state index contributed by atoms with van der Waals surface area (Å²) in [6.07, 6.45) is 2.79. The molecule has 2 heterocycles. The van der Waals surface area contributed by atoms with Crippen molar-refractivity contribution in [3.63, 3.8) is 0 Å². The molecule has 0 radical (unpaired) electrons. The number of pyridine rings is 1. The molecule has 0 fully saturated rings. The van der Waals surface area contributed by atoms with E-state index >= 15 is 0 Å². The number of fused-ring (bicyclic) bond motifs is 1. The van der Waals surface area contributed by atoms with E-state index in [4.69, 9.17) is 0 Å². The molecule has 0 atom stereocenters. The molecule has 0 aliphatic carbocycles. The van der Waals surface area contributed by atoms with Crippen molar-refractivity contribution >= 4 is 23.0 Å². The average Bonchev–Trinajstić information content (AvgIpc) is 2.84. The third kappa shape index (κ3) is 4.29. The summed E-state index contributed by atoms with van der Waals surface area (Å²) in [4.78, 5) is 23.3. The lowest BCUT2D eigenvalue weighted by Gasteiger charge is -2.15. The van der Waals surface area contributed by atoms with E-state index < -0.39 is 5.60 Å². The number of hydrogen-bond acceptors (Lipinski definition) is 4. The van der Waals surface area contributed by atoms with Crippen LogP contribution in [0.15, 0.2) is 18.3 Å². The first-order chi connectivity index (χ1) is 10.7. The summed E-state index contributed by atoms with van der Waals surface area (Å²) in [7, 11) is 1.53. The second-order valence-corrected chi connectivity index (χ2v) is 6.18.